The molecule has 0 bridgehead atoms. The van der Waals surface area contributed by atoms with E-state index in [1.807, 2.05) is 25.7 Å². The summed E-state index contributed by atoms with van der Waals surface area (Å²) >= 11 is 0. The van der Waals surface area contributed by atoms with Crippen LogP contribution < -0.4 is 5.32 Å². The zero-order valence-corrected chi connectivity index (χ0v) is 11.4. The van der Waals surface area contributed by atoms with Crippen LogP contribution in [0.3, 0.4) is 0 Å². The number of carbonyl (C=O) groups excluding carboxylic acids is 2. The molecule has 2 unspecified atom stereocenters. The summed E-state index contributed by atoms with van der Waals surface area (Å²) in [6, 6.07) is -0.138. The van der Waals surface area contributed by atoms with Crippen molar-refractivity contribution in [3.8, 4) is 0 Å². The molecule has 1 aliphatic carbocycles. The number of hydrogen-bond donors (Lipinski definition) is 1. The van der Waals surface area contributed by atoms with Gasteiger partial charge in [-0.15, -0.1) is 0 Å². The Bertz CT molecular complexity index is 383. The highest BCUT2D eigenvalue weighted by Gasteiger charge is 2.48. The van der Waals surface area contributed by atoms with Crippen LogP contribution in [0.25, 0.3) is 0 Å². The van der Waals surface area contributed by atoms with E-state index in [0.29, 0.717) is 12.8 Å². The zero-order valence-electron chi connectivity index (χ0n) is 11.4. The van der Waals surface area contributed by atoms with Gasteiger partial charge in [0.15, 0.2) is 0 Å². The van der Waals surface area contributed by atoms with Gasteiger partial charge in [-0.1, -0.05) is 26.0 Å². The summed E-state index contributed by atoms with van der Waals surface area (Å²) in [6.45, 7) is 5.73. The second-order valence-corrected chi connectivity index (χ2v) is 5.41. The molecule has 0 aromatic carbocycles. The van der Waals surface area contributed by atoms with Crippen LogP contribution in [0, 0.1) is 0 Å². The minimum atomic E-state index is -0.731. The monoisotopic (exact) mass is 250 g/mol. The number of hydrogen-bond acceptors (Lipinski definition) is 2. The van der Waals surface area contributed by atoms with Crippen LogP contribution in [-0.2, 0) is 9.59 Å². The van der Waals surface area contributed by atoms with Gasteiger partial charge in [0.25, 0.3) is 0 Å². The maximum atomic E-state index is 12.7. The third-order valence-corrected chi connectivity index (χ3v) is 4.21. The second-order valence-electron chi connectivity index (χ2n) is 5.41. The SMILES string of the molecule is CCC1C(=O)NC(C)(CC)C(=O)N1C1CC=CC1. The summed E-state index contributed by atoms with van der Waals surface area (Å²) in [4.78, 5) is 26.7. The molecule has 2 aliphatic rings. The molecule has 0 saturated carbocycles. The maximum absolute atomic E-state index is 12.7. The fourth-order valence-corrected chi connectivity index (χ4v) is 2.83. The topological polar surface area (TPSA) is 49.4 Å². The van der Waals surface area contributed by atoms with Crippen LogP contribution in [-0.4, -0.2) is 34.3 Å². The highest BCUT2D eigenvalue weighted by molar-refractivity contribution is 5.99. The molecule has 1 heterocycles. The molecule has 2 atom stereocenters. The molecule has 2 rings (SSSR count). The third kappa shape index (κ3) is 1.93. The Hall–Kier alpha value is -1.32. The fraction of sp³-hybridized carbons (Fsp3) is 0.714. The van der Waals surface area contributed by atoms with Crippen molar-refractivity contribution in [1.29, 1.82) is 0 Å². The van der Waals surface area contributed by atoms with E-state index in [1.165, 1.54) is 0 Å². The molecule has 1 saturated heterocycles. The van der Waals surface area contributed by atoms with E-state index in [4.69, 9.17) is 0 Å². The standard InChI is InChI=1S/C14H22N2O2/c1-4-11-12(17)15-14(3,5-2)13(18)16(11)10-8-6-7-9-10/h6-7,10-11H,4-5,8-9H2,1-3H3,(H,15,17). The number of rotatable bonds is 3. The lowest BCUT2D eigenvalue weighted by molar-refractivity contribution is -0.157. The quantitative estimate of drug-likeness (QED) is 0.774. The molecule has 1 aliphatic heterocycles. The van der Waals surface area contributed by atoms with Gasteiger partial charge in [0, 0.05) is 6.04 Å². The Labute approximate surface area is 108 Å². The van der Waals surface area contributed by atoms with Gasteiger partial charge in [0.2, 0.25) is 11.8 Å². The van der Waals surface area contributed by atoms with Crippen molar-refractivity contribution in [2.24, 2.45) is 0 Å². The lowest BCUT2D eigenvalue weighted by Gasteiger charge is -2.46. The zero-order chi connectivity index (χ0) is 13.3. The molecular weight excluding hydrogens is 228 g/mol. The van der Waals surface area contributed by atoms with E-state index in [1.54, 1.807) is 0 Å². The average molecular weight is 250 g/mol. The number of nitrogens with one attached hydrogen (secondary N) is 1. The molecule has 0 radical (unpaired) electrons. The molecule has 0 aromatic heterocycles. The van der Waals surface area contributed by atoms with Gasteiger partial charge in [0.1, 0.15) is 11.6 Å². The maximum Gasteiger partial charge on any atom is 0.248 e. The minimum Gasteiger partial charge on any atom is -0.340 e. The molecule has 1 N–H and O–H groups in total. The number of carbonyl (C=O) groups is 2. The highest BCUT2D eigenvalue weighted by Crippen LogP contribution is 2.29. The highest BCUT2D eigenvalue weighted by atomic mass is 16.2. The molecule has 2 amide bonds. The first-order valence-electron chi connectivity index (χ1n) is 6.83. The van der Waals surface area contributed by atoms with E-state index >= 15 is 0 Å². The Morgan fingerprint density at radius 2 is 1.94 bits per heavy atom. The van der Waals surface area contributed by atoms with Crippen molar-refractivity contribution in [3.05, 3.63) is 12.2 Å². The first-order valence-corrected chi connectivity index (χ1v) is 6.83. The van der Waals surface area contributed by atoms with E-state index in [9.17, 15) is 9.59 Å². The van der Waals surface area contributed by atoms with Crippen LogP contribution in [0.2, 0.25) is 0 Å². The summed E-state index contributed by atoms with van der Waals surface area (Å²) < 4.78 is 0. The summed E-state index contributed by atoms with van der Waals surface area (Å²) in [5, 5.41) is 2.90. The van der Waals surface area contributed by atoms with Crippen LogP contribution >= 0.6 is 0 Å². The average Bonchev–Trinajstić information content (AvgIpc) is 2.86. The second kappa shape index (κ2) is 4.75. The summed E-state index contributed by atoms with van der Waals surface area (Å²) in [5.41, 5.74) is -0.731. The smallest absolute Gasteiger partial charge is 0.248 e. The molecular formula is C14H22N2O2. The largest absolute Gasteiger partial charge is 0.340 e. The molecule has 4 heteroatoms. The van der Waals surface area contributed by atoms with Gasteiger partial charge in [-0.05, 0) is 32.6 Å². The fourth-order valence-electron chi connectivity index (χ4n) is 2.83. The van der Waals surface area contributed by atoms with Crippen molar-refractivity contribution in [2.75, 3.05) is 0 Å². The van der Waals surface area contributed by atoms with Crippen LogP contribution in [0.5, 0.6) is 0 Å². The van der Waals surface area contributed by atoms with Gasteiger partial charge in [0.05, 0.1) is 0 Å². The Morgan fingerprint density at radius 3 is 2.44 bits per heavy atom. The molecule has 0 spiro atoms. The molecule has 1 fully saturated rings. The van der Waals surface area contributed by atoms with Crippen molar-refractivity contribution in [2.45, 2.75) is 64.1 Å². The first-order chi connectivity index (χ1) is 8.53. The summed E-state index contributed by atoms with van der Waals surface area (Å²) in [7, 11) is 0. The van der Waals surface area contributed by atoms with Crippen molar-refractivity contribution in [1.82, 2.24) is 10.2 Å². The Kier molecular flexibility index (Phi) is 3.46. The van der Waals surface area contributed by atoms with Gasteiger partial charge in [-0.25, -0.2) is 0 Å². The van der Waals surface area contributed by atoms with Gasteiger partial charge in [-0.3, -0.25) is 9.59 Å². The van der Waals surface area contributed by atoms with E-state index in [0.717, 1.165) is 12.8 Å². The van der Waals surface area contributed by atoms with Gasteiger partial charge < -0.3 is 10.2 Å². The molecule has 18 heavy (non-hydrogen) atoms. The van der Waals surface area contributed by atoms with E-state index in [2.05, 4.69) is 17.5 Å². The molecule has 4 nitrogen and oxygen atoms in total. The normalized spacial score (nSPS) is 33.1. The van der Waals surface area contributed by atoms with Crippen LogP contribution in [0.15, 0.2) is 12.2 Å². The Balaban J connectivity index is 2.30. The predicted octanol–water partition coefficient (Wildman–Crippen LogP) is 1.61. The van der Waals surface area contributed by atoms with Gasteiger partial charge >= 0.3 is 0 Å². The third-order valence-electron chi connectivity index (χ3n) is 4.21. The minimum absolute atomic E-state index is 0.00616. The number of piperazine rings is 1. The summed E-state index contributed by atoms with van der Waals surface area (Å²) in [6.07, 6.45) is 7.24. The van der Waals surface area contributed by atoms with E-state index < -0.39 is 5.54 Å². The van der Waals surface area contributed by atoms with Gasteiger partial charge in [-0.2, -0.15) is 0 Å². The first kappa shape index (κ1) is 13.1. The Morgan fingerprint density at radius 1 is 1.33 bits per heavy atom. The van der Waals surface area contributed by atoms with Crippen molar-refractivity contribution >= 4 is 11.8 Å². The predicted molar refractivity (Wildman–Crippen MR) is 69.9 cm³/mol. The van der Waals surface area contributed by atoms with Crippen LogP contribution in [0.1, 0.15) is 46.5 Å². The number of nitrogens with zero attached hydrogens (tertiary/aromatic N) is 1. The van der Waals surface area contributed by atoms with Crippen molar-refractivity contribution < 1.29 is 9.59 Å². The molecule has 0 aromatic rings. The number of amides is 2. The van der Waals surface area contributed by atoms with Crippen molar-refractivity contribution in [3.63, 3.8) is 0 Å². The van der Waals surface area contributed by atoms with Crippen LogP contribution in [0.4, 0.5) is 0 Å². The lowest BCUT2D eigenvalue weighted by atomic mass is 9.89. The summed E-state index contributed by atoms with van der Waals surface area (Å²) in [5.74, 6) is 0.0681. The molecule has 100 valence electrons. The van der Waals surface area contributed by atoms with E-state index in [-0.39, 0.29) is 23.9 Å². The lowest BCUT2D eigenvalue weighted by Crippen LogP contribution is -2.70.